The van der Waals surface area contributed by atoms with E-state index in [-0.39, 0.29) is 5.91 Å². The van der Waals surface area contributed by atoms with E-state index in [0.717, 1.165) is 30.9 Å². The van der Waals surface area contributed by atoms with Crippen molar-refractivity contribution in [3.8, 4) is 0 Å². The van der Waals surface area contributed by atoms with Crippen LogP contribution in [-0.4, -0.2) is 49.9 Å². The average molecular weight is 320 g/mol. The Morgan fingerprint density at radius 3 is 3.09 bits per heavy atom. The number of aromatic nitrogens is 4. The molecule has 0 spiro atoms. The van der Waals surface area contributed by atoms with Crippen molar-refractivity contribution in [1.82, 2.24) is 24.9 Å². The molecule has 1 fully saturated rings. The largest absolute Gasteiger partial charge is 0.299 e. The highest BCUT2D eigenvalue weighted by molar-refractivity contribution is 7.15. The Bertz CT molecular complexity index is 611. The highest BCUT2D eigenvalue weighted by Gasteiger charge is 2.25. The molecule has 118 valence electrons. The van der Waals surface area contributed by atoms with Gasteiger partial charge in [0.25, 0.3) is 0 Å². The van der Waals surface area contributed by atoms with Crippen LogP contribution in [0.1, 0.15) is 24.3 Å². The first kappa shape index (κ1) is 15.1. The van der Waals surface area contributed by atoms with E-state index in [2.05, 4.69) is 25.5 Å². The van der Waals surface area contributed by atoms with Crippen molar-refractivity contribution >= 4 is 22.4 Å². The van der Waals surface area contributed by atoms with Crippen LogP contribution in [0.4, 0.5) is 5.13 Å². The second-order valence-electron chi connectivity index (χ2n) is 5.52. The van der Waals surface area contributed by atoms with Gasteiger partial charge in [-0.15, -0.1) is 10.2 Å². The molecule has 0 aliphatic carbocycles. The Hall–Kier alpha value is -1.80. The summed E-state index contributed by atoms with van der Waals surface area (Å²) in [5, 5.41) is 16.4. The van der Waals surface area contributed by atoms with Gasteiger partial charge in [0.15, 0.2) is 0 Å². The molecule has 2 aromatic heterocycles. The number of anilines is 1. The molecule has 3 rings (SSSR count). The number of amides is 1. The second kappa shape index (κ2) is 6.97. The summed E-state index contributed by atoms with van der Waals surface area (Å²) in [4.78, 5) is 14.4. The van der Waals surface area contributed by atoms with E-state index < -0.39 is 0 Å². The van der Waals surface area contributed by atoms with Crippen molar-refractivity contribution in [2.45, 2.75) is 38.8 Å². The van der Waals surface area contributed by atoms with Gasteiger partial charge in [0.05, 0.1) is 13.1 Å². The zero-order valence-corrected chi connectivity index (χ0v) is 13.4. The van der Waals surface area contributed by atoms with Gasteiger partial charge < -0.3 is 0 Å². The molecular weight excluding hydrogens is 300 g/mol. The predicted molar refractivity (Wildman–Crippen MR) is 84.7 cm³/mol. The van der Waals surface area contributed by atoms with Crippen molar-refractivity contribution in [3.63, 3.8) is 0 Å². The molecule has 1 amide bonds. The van der Waals surface area contributed by atoms with Crippen LogP contribution in [0.3, 0.4) is 0 Å². The van der Waals surface area contributed by atoms with Crippen LogP contribution < -0.4 is 5.32 Å². The third-order valence-electron chi connectivity index (χ3n) is 3.83. The third-order valence-corrected chi connectivity index (χ3v) is 4.58. The zero-order valence-electron chi connectivity index (χ0n) is 12.6. The standard InChI is InChI=1S/C14H20N6OS/c1-11-17-18-14(22-11)16-13(21)10-19-7-3-2-5-12(19)9-20-8-4-6-15-20/h4,6,8,12H,2-3,5,7,9-10H2,1H3,(H,16,18,21)/t12-/m0/s1. The van der Waals surface area contributed by atoms with Gasteiger partial charge in [-0.05, 0) is 32.4 Å². The normalized spacial score (nSPS) is 19.2. The fraction of sp³-hybridized carbons (Fsp3) is 0.571. The van der Waals surface area contributed by atoms with E-state index in [1.807, 2.05) is 23.9 Å². The first-order valence-electron chi connectivity index (χ1n) is 7.52. The molecule has 1 atom stereocenters. The Morgan fingerprint density at radius 1 is 1.45 bits per heavy atom. The summed E-state index contributed by atoms with van der Waals surface area (Å²) < 4.78 is 1.94. The zero-order chi connectivity index (χ0) is 15.4. The number of nitrogens with one attached hydrogen (secondary N) is 1. The summed E-state index contributed by atoms with van der Waals surface area (Å²) in [7, 11) is 0. The van der Waals surface area contributed by atoms with Crippen molar-refractivity contribution in [3.05, 3.63) is 23.5 Å². The van der Waals surface area contributed by atoms with E-state index >= 15 is 0 Å². The summed E-state index contributed by atoms with van der Waals surface area (Å²) in [6, 6.07) is 2.29. The smallest absolute Gasteiger partial charge is 0.240 e. The lowest BCUT2D eigenvalue weighted by Crippen LogP contribution is -2.46. The van der Waals surface area contributed by atoms with Gasteiger partial charge in [-0.25, -0.2) is 0 Å². The number of piperidine rings is 1. The molecule has 7 nitrogen and oxygen atoms in total. The first-order valence-corrected chi connectivity index (χ1v) is 8.34. The fourth-order valence-corrected chi connectivity index (χ4v) is 3.40. The van der Waals surface area contributed by atoms with Crippen molar-refractivity contribution in [2.75, 3.05) is 18.4 Å². The highest BCUT2D eigenvalue weighted by atomic mass is 32.1. The summed E-state index contributed by atoms with van der Waals surface area (Å²) in [5.41, 5.74) is 0. The summed E-state index contributed by atoms with van der Waals surface area (Å²) in [5.74, 6) is -0.0245. The van der Waals surface area contributed by atoms with E-state index in [1.54, 1.807) is 6.20 Å². The van der Waals surface area contributed by atoms with Gasteiger partial charge >= 0.3 is 0 Å². The quantitative estimate of drug-likeness (QED) is 0.904. The Kier molecular flexibility index (Phi) is 4.79. The van der Waals surface area contributed by atoms with Gasteiger partial charge in [0.1, 0.15) is 5.01 Å². The van der Waals surface area contributed by atoms with Crippen molar-refractivity contribution in [1.29, 1.82) is 0 Å². The molecular formula is C14H20N6OS. The summed E-state index contributed by atoms with van der Waals surface area (Å²) in [6.07, 6.45) is 7.21. The van der Waals surface area contributed by atoms with Gasteiger partial charge in [-0.3, -0.25) is 19.7 Å². The second-order valence-corrected chi connectivity index (χ2v) is 6.70. The molecule has 0 unspecified atom stereocenters. The number of hydrogen-bond donors (Lipinski definition) is 1. The number of hydrogen-bond acceptors (Lipinski definition) is 6. The van der Waals surface area contributed by atoms with Gasteiger partial charge in [0.2, 0.25) is 11.0 Å². The number of nitrogens with zero attached hydrogens (tertiary/aromatic N) is 5. The van der Waals surface area contributed by atoms with E-state index in [9.17, 15) is 4.79 Å². The maximum Gasteiger partial charge on any atom is 0.240 e. The summed E-state index contributed by atoms with van der Waals surface area (Å²) in [6.45, 7) is 4.05. The fourth-order valence-electron chi connectivity index (χ4n) is 2.79. The molecule has 0 saturated carbocycles. The molecule has 1 saturated heterocycles. The molecule has 1 aliphatic rings. The monoisotopic (exact) mass is 320 g/mol. The molecule has 3 heterocycles. The number of likely N-dealkylation sites (tertiary alicyclic amines) is 1. The lowest BCUT2D eigenvalue weighted by molar-refractivity contribution is -0.118. The average Bonchev–Trinajstić information content (AvgIpc) is 3.13. The van der Waals surface area contributed by atoms with Crippen molar-refractivity contribution in [2.24, 2.45) is 0 Å². The van der Waals surface area contributed by atoms with Crippen LogP contribution in [0.15, 0.2) is 18.5 Å². The minimum atomic E-state index is -0.0245. The molecule has 0 aromatic carbocycles. The predicted octanol–water partition coefficient (Wildman–Crippen LogP) is 1.54. The van der Waals surface area contributed by atoms with Crippen LogP contribution >= 0.6 is 11.3 Å². The van der Waals surface area contributed by atoms with Crippen LogP contribution in [0, 0.1) is 6.92 Å². The van der Waals surface area contributed by atoms with Gasteiger partial charge in [-0.1, -0.05) is 17.8 Å². The minimum absolute atomic E-state index is 0.0245. The maximum atomic E-state index is 12.2. The molecule has 1 aliphatic heterocycles. The molecule has 22 heavy (non-hydrogen) atoms. The summed E-state index contributed by atoms with van der Waals surface area (Å²) >= 11 is 1.40. The lowest BCUT2D eigenvalue weighted by Gasteiger charge is -2.35. The highest BCUT2D eigenvalue weighted by Crippen LogP contribution is 2.19. The minimum Gasteiger partial charge on any atom is -0.299 e. The molecule has 1 N–H and O–H groups in total. The van der Waals surface area contributed by atoms with Crippen molar-refractivity contribution < 1.29 is 4.79 Å². The number of carbonyl (C=O) groups excluding carboxylic acids is 1. The Morgan fingerprint density at radius 2 is 2.36 bits per heavy atom. The first-order chi connectivity index (χ1) is 10.7. The van der Waals surface area contributed by atoms with Crippen LogP contribution in [0.25, 0.3) is 0 Å². The molecule has 2 aromatic rings. The van der Waals surface area contributed by atoms with Gasteiger partial charge in [0, 0.05) is 18.4 Å². The maximum absolute atomic E-state index is 12.2. The molecule has 0 bridgehead atoms. The lowest BCUT2D eigenvalue weighted by atomic mass is 10.0. The Balaban J connectivity index is 1.57. The van der Waals surface area contributed by atoms with Crippen LogP contribution in [0.2, 0.25) is 0 Å². The molecule has 8 heteroatoms. The topological polar surface area (TPSA) is 75.9 Å². The van der Waals surface area contributed by atoms with E-state index in [0.29, 0.717) is 17.7 Å². The van der Waals surface area contributed by atoms with E-state index in [4.69, 9.17) is 0 Å². The van der Waals surface area contributed by atoms with E-state index in [1.165, 1.54) is 17.8 Å². The van der Waals surface area contributed by atoms with Crippen LogP contribution in [0.5, 0.6) is 0 Å². The number of rotatable bonds is 5. The number of carbonyl (C=O) groups is 1. The molecule has 0 radical (unpaired) electrons. The van der Waals surface area contributed by atoms with Gasteiger partial charge in [-0.2, -0.15) is 5.10 Å². The third kappa shape index (κ3) is 3.89. The number of aryl methyl sites for hydroxylation is 1. The van der Waals surface area contributed by atoms with Crippen LogP contribution in [-0.2, 0) is 11.3 Å². The SMILES string of the molecule is Cc1nnc(NC(=O)CN2CCCC[C@H]2Cn2cccn2)s1. The Labute approximate surface area is 133 Å².